The Morgan fingerprint density at radius 1 is 0.971 bits per heavy atom. The average Bonchev–Trinajstić information content (AvgIpc) is 3.06. The van der Waals surface area contributed by atoms with Crippen LogP contribution in [-0.4, -0.2) is 25.2 Å². The third-order valence-electron chi connectivity index (χ3n) is 5.94. The number of hydrogen-bond donors (Lipinski definition) is 2. The second-order valence-electron chi connectivity index (χ2n) is 8.22. The number of ether oxygens (including phenoxy) is 2. The number of methoxy groups -OCH3 is 2. The van der Waals surface area contributed by atoms with Crippen LogP contribution < -0.4 is 14.8 Å². The fourth-order valence-corrected chi connectivity index (χ4v) is 4.15. The fraction of sp³-hybridized carbons (Fsp3) is 0.179. The molecule has 2 N–H and O–H groups in total. The highest BCUT2D eigenvalue weighted by Gasteiger charge is 2.26. The summed E-state index contributed by atoms with van der Waals surface area (Å²) >= 11 is 0. The molecule has 0 atom stereocenters. The van der Waals surface area contributed by atoms with E-state index in [0.29, 0.717) is 11.3 Å². The molecule has 4 rings (SSSR count). The molecule has 0 spiro atoms. The number of halogens is 1. The number of phenolic OH excluding ortho intramolecular Hbond substituents is 1. The number of rotatable bonds is 6. The summed E-state index contributed by atoms with van der Waals surface area (Å²) in [6, 6.07) is 15.6. The third-order valence-corrected chi connectivity index (χ3v) is 5.94. The van der Waals surface area contributed by atoms with Crippen molar-refractivity contribution in [2.24, 2.45) is 0 Å². The second kappa shape index (κ2) is 9.43. The van der Waals surface area contributed by atoms with Gasteiger partial charge in [0.25, 0.3) is 0 Å². The van der Waals surface area contributed by atoms with E-state index in [-0.39, 0.29) is 35.4 Å². The molecule has 0 saturated heterocycles. The molecular weight excluding hydrogens is 433 g/mol. The van der Waals surface area contributed by atoms with E-state index >= 15 is 0 Å². The monoisotopic (exact) mass is 459 g/mol. The van der Waals surface area contributed by atoms with Gasteiger partial charge in [-0.1, -0.05) is 23.8 Å². The minimum atomic E-state index is -0.364. The summed E-state index contributed by atoms with van der Waals surface area (Å²) in [5, 5.41) is 13.1. The molecule has 6 heteroatoms. The molecule has 1 aliphatic rings. The van der Waals surface area contributed by atoms with E-state index in [1.165, 1.54) is 26.4 Å². The Labute approximate surface area is 198 Å². The van der Waals surface area contributed by atoms with Crippen molar-refractivity contribution in [3.63, 3.8) is 0 Å². The Morgan fingerprint density at radius 2 is 1.62 bits per heavy atom. The number of fused-ring (bicyclic) bond motifs is 1. The number of phenols is 1. The van der Waals surface area contributed by atoms with Crippen LogP contribution >= 0.6 is 0 Å². The molecule has 3 aromatic rings. The van der Waals surface area contributed by atoms with E-state index in [9.17, 15) is 14.3 Å². The molecule has 0 bridgehead atoms. The van der Waals surface area contributed by atoms with E-state index in [2.05, 4.69) is 5.32 Å². The molecule has 34 heavy (non-hydrogen) atoms. The van der Waals surface area contributed by atoms with E-state index in [4.69, 9.17) is 9.47 Å². The molecule has 0 saturated carbocycles. The zero-order chi connectivity index (χ0) is 24.4. The summed E-state index contributed by atoms with van der Waals surface area (Å²) in [5.74, 6) is -0.0626. The standard InChI is InChI=1S/C28H26FNO4/c1-16-5-8-20(9-6-16)30-27(31)15-23-17(2)22(21-10-7-19(29)14-24(21)23)11-18-12-25(33-3)28(32)26(13-18)34-4/h5-14,32H,15H2,1-4H3,(H,30,31). The number of amides is 1. The van der Waals surface area contributed by atoms with Crippen molar-refractivity contribution >= 4 is 28.8 Å². The van der Waals surface area contributed by atoms with E-state index < -0.39 is 0 Å². The molecule has 0 unspecified atom stereocenters. The first-order valence-corrected chi connectivity index (χ1v) is 10.8. The zero-order valence-electron chi connectivity index (χ0n) is 19.5. The van der Waals surface area contributed by atoms with Crippen LogP contribution in [0, 0.1) is 12.7 Å². The number of aryl methyl sites for hydroxylation is 1. The summed E-state index contributed by atoms with van der Waals surface area (Å²) < 4.78 is 24.7. The van der Waals surface area contributed by atoms with E-state index in [1.807, 2.05) is 44.2 Å². The first kappa shape index (κ1) is 23.1. The number of carbonyl (C=O) groups excluding carboxylic acids is 1. The van der Waals surface area contributed by atoms with Gasteiger partial charge in [0.1, 0.15) is 5.82 Å². The van der Waals surface area contributed by atoms with Gasteiger partial charge in [-0.3, -0.25) is 4.79 Å². The zero-order valence-corrected chi connectivity index (χ0v) is 19.5. The Balaban J connectivity index is 1.73. The average molecular weight is 460 g/mol. The highest BCUT2D eigenvalue weighted by Crippen LogP contribution is 2.45. The van der Waals surface area contributed by atoms with Crippen molar-refractivity contribution in [1.29, 1.82) is 0 Å². The van der Waals surface area contributed by atoms with Crippen LogP contribution in [0.1, 0.15) is 35.6 Å². The molecule has 1 amide bonds. The van der Waals surface area contributed by atoms with Crippen molar-refractivity contribution in [2.45, 2.75) is 20.3 Å². The maximum absolute atomic E-state index is 14.2. The number of carbonyl (C=O) groups is 1. The van der Waals surface area contributed by atoms with Crippen LogP contribution in [0.25, 0.3) is 17.2 Å². The Morgan fingerprint density at radius 3 is 2.24 bits per heavy atom. The molecule has 0 aliphatic heterocycles. The summed E-state index contributed by atoms with van der Waals surface area (Å²) in [6.45, 7) is 3.91. The molecule has 174 valence electrons. The molecule has 0 fully saturated rings. The lowest BCUT2D eigenvalue weighted by atomic mass is 10.00. The maximum atomic E-state index is 14.2. The molecule has 1 aliphatic carbocycles. The van der Waals surface area contributed by atoms with Crippen molar-refractivity contribution in [3.05, 3.63) is 88.2 Å². The van der Waals surface area contributed by atoms with Gasteiger partial charge in [0.15, 0.2) is 11.5 Å². The second-order valence-corrected chi connectivity index (χ2v) is 8.22. The normalized spacial score (nSPS) is 13.7. The Hall–Kier alpha value is -4.06. The van der Waals surface area contributed by atoms with Gasteiger partial charge in [-0.15, -0.1) is 0 Å². The van der Waals surface area contributed by atoms with Gasteiger partial charge in [0.05, 0.1) is 20.6 Å². The minimum absolute atomic E-state index is 0.0817. The minimum Gasteiger partial charge on any atom is -0.502 e. The van der Waals surface area contributed by atoms with Gasteiger partial charge in [0, 0.05) is 5.69 Å². The van der Waals surface area contributed by atoms with E-state index in [1.54, 1.807) is 18.2 Å². The van der Waals surface area contributed by atoms with Crippen LogP contribution in [0.4, 0.5) is 10.1 Å². The maximum Gasteiger partial charge on any atom is 0.228 e. The van der Waals surface area contributed by atoms with Crippen LogP contribution in [0.5, 0.6) is 17.2 Å². The van der Waals surface area contributed by atoms with Gasteiger partial charge in [0.2, 0.25) is 11.7 Å². The van der Waals surface area contributed by atoms with Gasteiger partial charge in [-0.25, -0.2) is 4.39 Å². The molecule has 3 aromatic carbocycles. The number of hydrogen-bond acceptors (Lipinski definition) is 4. The number of aromatic hydroxyl groups is 1. The topological polar surface area (TPSA) is 67.8 Å². The first-order valence-electron chi connectivity index (χ1n) is 10.8. The fourth-order valence-electron chi connectivity index (χ4n) is 4.15. The predicted molar refractivity (Wildman–Crippen MR) is 133 cm³/mol. The highest BCUT2D eigenvalue weighted by molar-refractivity contribution is 6.10. The highest BCUT2D eigenvalue weighted by atomic mass is 19.1. The lowest BCUT2D eigenvalue weighted by molar-refractivity contribution is -0.115. The summed E-state index contributed by atoms with van der Waals surface area (Å²) in [4.78, 5) is 12.8. The number of benzene rings is 3. The number of anilines is 1. The van der Waals surface area contributed by atoms with Crippen molar-refractivity contribution < 1.29 is 23.8 Å². The molecule has 0 radical (unpaired) electrons. The first-order chi connectivity index (χ1) is 16.3. The molecule has 0 heterocycles. The van der Waals surface area contributed by atoms with Crippen molar-refractivity contribution in [3.8, 4) is 17.2 Å². The molecule has 0 aromatic heterocycles. The number of nitrogens with one attached hydrogen (secondary N) is 1. The lowest BCUT2D eigenvalue weighted by Gasteiger charge is -2.11. The van der Waals surface area contributed by atoms with Crippen LogP contribution in [-0.2, 0) is 4.79 Å². The third kappa shape index (κ3) is 4.53. The van der Waals surface area contributed by atoms with Crippen LogP contribution in [0.15, 0.2) is 60.2 Å². The van der Waals surface area contributed by atoms with Crippen molar-refractivity contribution in [1.82, 2.24) is 0 Å². The van der Waals surface area contributed by atoms with Gasteiger partial charge >= 0.3 is 0 Å². The summed E-state index contributed by atoms with van der Waals surface area (Å²) in [6.07, 6.45) is 2.02. The van der Waals surface area contributed by atoms with E-state index in [0.717, 1.165) is 33.4 Å². The molecule has 5 nitrogen and oxygen atoms in total. The number of allylic oxidation sites excluding steroid dienone is 2. The summed E-state index contributed by atoms with van der Waals surface area (Å²) in [5.41, 5.74) is 6.60. The van der Waals surface area contributed by atoms with Crippen molar-refractivity contribution in [2.75, 3.05) is 19.5 Å². The van der Waals surface area contributed by atoms with Gasteiger partial charge in [-0.2, -0.15) is 0 Å². The SMILES string of the molecule is COc1cc(C=C2C(C)=C(CC(=O)Nc3ccc(C)cc3)c3cc(F)ccc32)cc(OC)c1O. The lowest BCUT2D eigenvalue weighted by Crippen LogP contribution is -2.12. The largest absolute Gasteiger partial charge is 0.502 e. The van der Waals surface area contributed by atoms with Crippen LogP contribution in [0.3, 0.4) is 0 Å². The molecular formula is C28H26FNO4. The van der Waals surface area contributed by atoms with Gasteiger partial charge in [-0.05, 0) is 89.7 Å². The Bertz CT molecular complexity index is 1300. The summed E-state index contributed by atoms with van der Waals surface area (Å²) in [7, 11) is 2.93. The van der Waals surface area contributed by atoms with Gasteiger partial charge < -0.3 is 19.9 Å². The smallest absolute Gasteiger partial charge is 0.228 e. The predicted octanol–water partition coefficient (Wildman–Crippen LogP) is 6.21. The Kier molecular flexibility index (Phi) is 6.41. The quantitative estimate of drug-likeness (QED) is 0.460. The van der Waals surface area contributed by atoms with Crippen LogP contribution in [0.2, 0.25) is 0 Å².